The standard InChI is InChI=1S/C6H4ClF.3BF4/c7-5-2-1-3-6(8)4-5;3*2-1(3,4)5/h1-4H;;;/q;3*-1. The summed E-state index contributed by atoms with van der Waals surface area (Å²) in [6.07, 6.45) is 0. The average Bonchev–Trinajstić information content (AvgIpc) is 2.07. The van der Waals surface area contributed by atoms with Crippen LogP contribution in [0.3, 0.4) is 0 Å². The zero-order valence-electron chi connectivity index (χ0n) is 10.3. The van der Waals surface area contributed by atoms with E-state index in [0.29, 0.717) is 5.02 Å². The van der Waals surface area contributed by atoms with E-state index in [1.807, 2.05) is 0 Å². The number of hydrogen-bond acceptors (Lipinski definition) is 0. The summed E-state index contributed by atoms with van der Waals surface area (Å²) in [6, 6.07) is 5.82. The van der Waals surface area contributed by atoms with Gasteiger partial charge in [0.2, 0.25) is 0 Å². The van der Waals surface area contributed by atoms with Crippen molar-refractivity contribution in [2.24, 2.45) is 0 Å². The highest BCUT2D eigenvalue weighted by atomic mass is 35.5. The summed E-state index contributed by atoms with van der Waals surface area (Å²) in [4.78, 5) is 0. The van der Waals surface area contributed by atoms with Crippen molar-refractivity contribution in [1.29, 1.82) is 0 Å². The highest BCUT2D eigenvalue weighted by Crippen LogP contribution is 2.08. The molecule has 0 N–H and O–H groups in total. The van der Waals surface area contributed by atoms with Gasteiger partial charge in [-0.1, -0.05) is 17.7 Å². The molecule has 0 aliphatic rings. The first-order valence-corrected chi connectivity index (χ1v) is 5.20. The van der Waals surface area contributed by atoms with Crippen molar-refractivity contribution in [3.63, 3.8) is 0 Å². The Hall–Kier alpha value is -1.21. The van der Waals surface area contributed by atoms with Crippen LogP contribution in [0.25, 0.3) is 0 Å². The SMILES string of the molecule is F[B-](F)(F)F.F[B-](F)(F)F.F[B-](F)(F)F.Fc1cccc(Cl)c1. The fraction of sp³-hybridized carbons (Fsp3) is 0. The van der Waals surface area contributed by atoms with Gasteiger partial charge in [-0.05, 0) is 18.2 Å². The Morgan fingerprint density at radius 1 is 0.609 bits per heavy atom. The molecule has 0 aliphatic heterocycles. The molecule has 23 heavy (non-hydrogen) atoms. The molecule has 1 rings (SSSR count). The summed E-state index contributed by atoms with van der Waals surface area (Å²) in [5, 5.41) is 0.435. The molecular weight excluding hydrogens is 387 g/mol. The van der Waals surface area contributed by atoms with Crippen LogP contribution in [0.2, 0.25) is 5.02 Å². The first-order valence-electron chi connectivity index (χ1n) is 4.82. The average molecular weight is 391 g/mol. The second-order valence-electron chi connectivity index (χ2n) is 2.92. The summed E-state index contributed by atoms with van der Waals surface area (Å²) in [6.45, 7) is 0. The Morgan fingerprint density at radius 2 is 0.870 bits per heavy atom. The summed E-state index contributed by atoms with van der Waals surface area (Å²) in [5.41, 5.74) is 0. The minimum absolute atomic E-state index is 0.294. The van der Waals surface area contributed by atoms with Crippen LogP contribution in [0.5, 0.6) is 0 Å². The van der Waals surface area contributed by atoms with Crippen LogP contribution in [0.15, 0.2) is 24.3 Å². The predicted molar refractivity (Wildman–Crippen MR) is 62.0 cm³/mol. The molecule has 0 fully saturated rings. The first-order chi connectivity index (χ1) is 9.79. The quantitative estimate of drug-likeness (QED) is 0.356. The highest BCUT2D eigenvalue weighted by Gasteiger charge is 2.21. The fourth-order valence-corrected chi connectivity index (χ4v) is 0.637. The third-order valence-electron chi connectivity index (χ3n) is 0.787. The van der Waals surface area contributed by atoms with Crippen molar-refractivity contribution in [2.45, 2.75) is 0 Å². The van der Waals surface area contributed by atoms with Crippen molar-refractivity contribution in [1.82, 2.24) is 0 Å². The molecule has 0 aliphatic carbocycles. The van der Waals surface area contributed by atoms with Crippen molar-refractivity contribution < 1.29 is 56.2 Å². The van der Waals surface area contributed by atoms with E-state index in [1.54, 1.807) is 12.1 Å². The molecule has 0 unspecified atom stereocenters. The van der Waals surface area contributed by atoms with E-state index in [1.165, 1.54) is 12.1 Å². The maximum absolute atomic E-state index is 12.1. The van der Waals surface area contributed by atoms with Crippen molar-refractivity contribution >= 4 is 33.4 Å². The van der Waals surface area contributed by atoms with E-state index >= 15 is 0 Å². The van der Waals surface area contributed by atoms with Gasteiger partial charge in [-0.2, -0.15) is 0 Å². The van der Waals surface area contributed by atoms with Gasteiger partial charge >= 0.3 is 21.8 Å². The molecule has 0 amide bonds. The Balaban J connectivity index is -0.000000240. The molecular formula is C6H4B3ClF13-3. The van der Waals surface area contributed by atoms with Crippen LogP contribution < -0.4 is 0 Å². The van der Waals surface area contributed by atoms with E-state index < -0.39 is 21.8 Å². The van der Waals surface area contributed by atoms with Crippen LogP contribution >= 0.6 is 11.6 Å². The van der Waals surface area contributed by atoms with Crippen molar-refractivity contribution in [3.8, 4) is 0 Å². The minimum atomic E-state index is -6.00. The Kier molecular flexibility index (Phi) is 13.2. The normalized spacial score (nSPS) is 11.0. The molecule has 0 saturated heterocycles. The van der Waals surface area contributed by atoms with E-state index in [4.69, 9.17) is 11.6 Å². The first kappa shape index (κ1) is 26.7. The van der Waals surface area contributed by atoms with Crippen LogP contribution in [0.4, 0.5) is 56.2 Å². The predicted octanol–water partition coefficient (Wildman–Crippen LogP) is 6.38. The summed E-state index contributed by atoms with van der Waals surface area (Å²) < 4.78 is 129. The molecule has 0 radical (unpaired) electrons. The topological polar surface area (TPSA) is 0 Å². The van der Waals surface area contributed by atoms with Crippen LogP contribution in [-0.4, -0.2) is 21.8 Å². The van der Waals surface area contributed by atoms with Crippen molar-refractivity contribution in [3.05, 3.63) is 35.1 Å². The number of rotatable bonds is 0. The van der Waals surface area contributed by atoms with Crippen LogP contribution in [0, 0.1) is 5.82 Å². The second-order valence-corrected chi connectivity index (χ2v) is 3.36. The Bertz CT molecular complexity index is 350. The maximum atomic E-state index is 12.1. The molecule has 0 bridgehead atoms. The largest absolute Gasteiger partial charge is 0.673 e. The zero-order chi connectivity index (χ0) is 19.5. The highest BCUT2D eigenvalue weighted by molar-refractivity contribution is 6.50. The number of hydrogen-bond donors (Lipinski definition) is 0. The zero-order valence-corrected chi connectivity index (χ0v) is 11.1. The summed E-state index contributed by atoms with van der Waals surface area (Å²) in [5.74, 6) is -0.294. The van der Waals surface area contributed by atoms with Gasteiger partial charge in [0.05, 0.1) is 0 Å². The third kappa shape index (κ3) is 95.0. The lowest BCUT2D eigenvalue weighted by Crippen LogP contribution is -2.02. The molecule has 0 nitrogen and oxygen atoms in total. The Labute approximate surface area is 125 Å². The number of benzene rings is 1. The molecule has 17 heteroatoms. The maximum Gasteiger partial charge on any atom is 0.673 e. The van der Waals surface area contributed by atoms with E-state index in [0.717, 1.165) is 0 Å². The van der Waals surface area contributed by atoms with Gasteiger partial charge in [0.25, 0.3) is 0 Å². The Morgan fingerprint density at radius 3 is 1.00 bits per heavy atom. The summed E-state index contributed by atoms with van der Waals surface area (Å²) >= 11 is 5.40. The van der Waals surface area contributed by atoms with Gasteiger partial charge in [0.15, 0.2) is 0 Å². The third-order valence-corrected chi connectivity index (χ3v) is 1.02. The monoisotopic (exact) mass is 391 g/mol. The van der Waals surface area contributed by atoms with Gasteiger partial charge < -0.3 is 51.8 Å². The van der Waals surface area contributed by atoms with Gasteiger partial charge in [-0.15, -0.1) is 0 Å². The molecule has 0 spiro atoms. The van der Waals surface area contributed by atoms with E-state index in [-0.39, 0.29) is 5.82 Å². The van der Waals surface area contributed by atoms with Crippen molar-refractivity contribution in [2.75, 3.05) is 0 Å². The second kappa shape index (κ2) is 11.3. The lowest BCUT2D eigenvalue weighted by Gasteiger charge is -1.94. The lowest BCUT2D eigenvalue weighted by molar-refractivity contribution is 0.366. The van der Waals surface area contributed by atoms with Gasteiger partial charge in [-0.25, -0.2) is 4.39 Å². The fourth-order valence-electron chi connectivity index (χ4n) is 0.460. The molecule has 0 saturated carbocycles. The summed E-state index contributed by atoms with van der Waals surface area (Å²) in [7, 11) is -18.0. The molecule has 0 atom stereocenters. The van der Waals surface area contributed by atoms with E-state index in [2.05, 4.69) is 0 Å². The van der Waals surface area contributed by atoms with Gasteiger partial charge in [-0.3, -0.25) is 0 Å². The molecule has 1 aromatic carbocycles. The van der Waals surface area contributed by atoms with Crippen LogP contribution in [-0.2, 0) is 0 Å². The lowest BCUT2D eigenvalue weighted by atomic mass is 10.3. The number of halogens is 14. The smallest absolute Gasteiger partial charge is 0.418 e. The molecule has 0 heterocycles. The molecule has 1 aromatic rings. The minimum Gasteiger partial charge on any atom is -0.418 e. The molecule has 138 valence electrons. The van der Waals surface area contributed by atoms with Gasteiger partial charge in [0.1, 0.15) is 5.82 Å². The van der Waals surface area contributed by atoms with Gasteiger partial charge in [0, 0.05) is 5.02 Å². The molecule has 0 aromatic heterocycles. The van der Waals surface area contributed by atoms with E-state index in [9.17, 15) is 56.2 Å². The van der Waals surface area contributed by atoms with Crippen LogP contribution in [0.1, 0.15) is 0 Å².